The summed E-state index contributed by atoms with van der Waals surface area (Å²) in [6.07, 6.45) is -7.56. The molecule has 0 rings (SSSR count). The lowest BCUT2D eigenvalue weighted by Gasteiger charge is -2.24. The van der Waals surface area contributed by atoms with Crippen LogP contribution in [0.5, 0.6) is 0 Å². The Bertz CT molecular complexity index is 297. The highest BCUT2D eigenvalue weighted by atomic mass is 16.4. The standard InChI is InChI=1S/C10H19NO8/c12-4-5(13)7(16)8(17)9(18)10(19)11-3-1-2-6(14)15/h5,7-9,12-13,16-18H,1-4H2,(H,11,19)(H,14,15)/t5-,7-,8+,9-/m1/s1. The molecule has 0 saturated carbocycles. The van der Waals surface area contributed by atoms with Crippen molar-refractivity contribution >= 4 is 11.9 Å². The highest BCUT2D eigenvalue weighted by Gasteiger charge is 2.33. The van der Waals surface area contributed by atoms with E-state index < -0.39 is 42.9 Å². The van der Waals surface area contributed by atoms with E-state index in [0.29, 0.717) is 0 Å². The van der Waals surface area contributed by atoms with Gasteiger partial charge in [-0.25, -0.2) is 0 Å². The highest BCUT2D eigenvalue weighted by Crippen LogP contribution is 2.05. The van der Waals surface area contributed by atoms with E-state index in [4.69, 9.17) is 15.3 Å². The predicted molar refractivity (Wildman–Crippen MR) is 61.0 cm³/mol. The van der Waals surface area contributed by atoms with E-state index in [0.717, 1.165) is 0 Å². The molecule has 0 aromatic rings. The van der Waals surface area contributed by atoms with Gasteiger partial charge in [0, 0.05) is 13.0 Å². The normalized spacial score (nSPS) is 17.3. The predicted octanol–water partition coefficient (Wildman–Crippen LogP) is -3.60. The zero-order valence-corrected chi connectivity index (χ0v) is 10.1. The Morgan fingerprint density at radius 1 is 1.05 bits per heavy atom. The number of carbonyl (C=O) groups excluding carboxylic acids is 1. The molecule has 0 aromatic heterocycles. The monoisotopic (exact) mass is 281 g/mol. The molecule has 112 valence electrons. The molecule has 0 spiro atoms. The number of aliphatic hydroxyl groups is 5. The first-order chi connectivity index (χ1) is 8.81. The van der Waals surface area contributed by atoms with Crippen LogP contribution in [0.2, 0.25) is 0 Å². The first kappa shape index (κ1) is 17.7. The number of aliphatic carboxylic acids is 1. The van der Waals surface area contributed by atoms with Gasteiger partial charge in [-0.05, 0) is 6.42 Å². The Balaban J connectivity index is 4.13. The van der Waals surface area contributed by atoms with Crippen molar-refractivity contribution in [3.05, 3.63) is 0 Å². The number of rotatable bonds is 9. The van der Waals surface area contributed by atoms with E-state index >= 15 is 0 Å². The molecule has 0 fully saturated rings. The minimum atomic E-state index is -2.00. The third-order valence-corrected chi connectivity index (χ3v) is 2.39. The molecule has 0 heterocycles. The van der Waals surface area contributed by atoms with E-state index in [1.807, 2.05) is 0 Å². The Morgan fingerprint density at radius 2 is 1.63 bits per heavy atom. The molecule has 0 aromatic carbocycles. The number of hydrogen-bond acceptors (Lipinski definition) is 7. The lowest BCUT2D eigenvalue weighted by molar-refractivity contribution is -0.149. The van der Waals surface area contributed by atoms with Gasteiger partial charge in [0.15, 0.2) is 6.10 Å². The molecule has 0 bridgehead atoms. The van der Waals surface area contributed by atoms with Gasteiger partial charge in [0.05, 0.1) is 6.61 Å². The summed E-state index contributed by atoms with van der Waals surface area (Å²) in [7, 11) is 0. The molecule has 9 nitrogen and oxygen atoms in total. The molecule has 7 N–H and O–H groups in total. The molecular weight excluding hydrogens is 262 g/mol. The van der Waals surface area contributed by atoms with Crippen molar-refractivity contribution in [1.82, 2.24) is 5.32 Å². The number of hydrogen-bond donors (Lipinski definition) is 7. The lowest BCUT2D eigenvalue weighted by Crippen LogP contribution is -2.51. The molecular formula is C10H19NO8. The van der Waals surface area contributed by atoms with Crippen LogP contribution in [0.3, 0.4) is 0 Å². The molecule has 0 unspecified atom stereocenters. The van der Waals surface area contributed by atoms with Gasteiger partial charge in [-0.15, -0.1) is 0 Å². The van der Waals surface area contributed by atoms with Crippen LogP contribution in [0.15, 0.2) is 0 Å². The summed E-state index contributed by atoms with van der Waals surface area (Å²) in [6, 6.07) is 0. The largest absolute Gasteiger partial charge is 0.481 e. The molecule has 0 aliphatic carbocycles. The van der Waals surface area contributed by atoms with E-state index in [1.54, 1.807) is 0 Å². The first-order valence-electron chi connectivity index (χ1n) is 5.63. The Morgan fingerprint density at radius 3 is 2.11 bits per heavy atom. The third kappa shape index (κ3) is 6.45. The number of carboxylic acid groups (broad SMARTS) is 1. The lowest BCUT2D eigenvalue weighted by atomic mass is 10.0. The second kappa shape index (κ2) is 8.77. The summed E-state index contributed by atoms with van der Waals surface area (Å²) in [6.45, 7) is -0.862. The van der Waals surface area contributed by atoms with Gasteiger partial charge in [-0.1, -0.05) is 0 Å². The van der Waals surface area contributed by atoms with Crippen molar-refractivity contribution in [3.8, 4) is 0 Å². The number of carboxylic acids is 1. The molecule has 4 atom stereocenters. The minimum Gasteiger partial charge on any atom is -0.481 e. The Kier molecular flexibility index (Phi) is 8.19. The molecule has 0 aliphatic rings. The fraction of sp³-hybridized carbons (Fsp3) is 0.800. The van der Waals surface area contributed by atoms with Crippen molar-refractivity contribution in [3.63, 3.8) is 0 Å². The maximum absolute atomic E-state index is 11.3. The van der Waals surface area contributed by atoms with Crippen LogP contribution in [0.25, 0.3) is 0 Å². The zero-order chi connectivity index (χ0) is 15.0. The van der Waals surface area contributed by atoms with Crippen LogP contribution in [0.4, 0.5) is 0 Å². The molecule has 0 aliphatic heterocycles. The van der Waals surface area contributed by atoms with Gasteiger partial charge in [0.25, 0.3) is 5.91 Å². The van der Waals surface area contributed by atoms with Crippen molar-refractivity contribution in [2.75, 3.05) is 13.2 Å². The number of nitrogens with one attached hydrogen (secondary N) is 1. The van der Waals surface area contributed by atoms with Crippen molar-refractivity contribution in [1.29, 1.82) is 0 Å². The van der Waals surface area contributed by atoms with Gasteiger partial charge in [0.1, 0.15) is 18.3 Å². The maximum Gasteiger partial charge on any atom is 0.303 e. The fourth-order valence-electron chi connectivity index (χ4n) is 1.23. The SMILES string of the molecule is O=C(O)CCCNC(=O)[C@H](O)[C@@H](O)[C@H](O)[C@H](O)CO. The molecule has 19 heavy (non-hydrogen) atoms. The Hall–Kier alpha value is -1.26. The topological polar surface area (TPSA) is 168 Å². The summed E-state index contributed by atoms with van der Waals surface area (Å²) in [5.74, 6) is -2.04. The highest BCUT2D eigenvalue weighted by molar-refractivity contribution is 5.81. The van der Waals surface area contributed by atoms with Gasteiger partial charge < -0.3 is 36.0 Å². The number of aliphatic hydroxyl groups excluding tert-OH is 5. The molecule has 0 radical (unpaired) electrons. The van der Waals surface area contributed by atoms with Crippen LogP contribution in [-0.4, -0.2) is 80.1 Å². The van der Waals surface area contributed by atoms with E-state index in [-0.39, 0.29) is 19.4 Å². The summed E-state index contributed by atoms with van der Waals surface area (Å²) >= 11 is 0. The van der Waals surface area contributed by atoms with Crippen LogP contribution >= 0.6 is 0 Å². The van der Waals surface area contributed by atoms with Gasteiger partial charge in [-0.3, -0.25) is 9.59 Å². The van der Waals surface area contributed by atoms with E-state index in [2.05, 4.69) is 5.32 Å². The summed E-state index contributed by atoms with van der Waals surface area (Å²) < 4.78 is 0. The van der Waals surface area contributed by atoms with Gasteiger partial charge in [-0.2, -0.15) is 0 Å². The van der Waals surface area contributed by atoms with Crippen LogP contribution in [0.1, 0.15) is 12.8 Å². The average molecular weight is 281 g/mol. The minimum absolute atomic E-state index is 0.0203. The van der Waals surface area contributed by atoms with E-state index in [9.17, 15) is 24.9 Å². The van der Waals surface area contributed by atoms with Gasteiger partial charge in [0.2, 0.25) is 0 Å². The number of carbonyl (C=O) groups is 2. The smallest absolute Gasteiger partial charge is 0.303 e. The quantitative estimate of drug-likeness (QED) is 0.213. The van der Waals surface area contributed by atoms with Crippen molar-refractivity contribution in [2.24, 2.45) is 0 Å². The second-order valence-corrected chi connectivity index (χ2v) is 3.96. The van der Waals surface area contributed by atoms with Crippen molar-refractivity contribution < 1.29 is 40.2 Å². The number of amides is 1. The molecule has 9 heteroatoms. The van der Waals surface area contributed by atoms with Crippen molar-refractivity contribution in [2.45, 2.75) is 37.3 Å². The fourth-order valence-corrected chi connectivity index (χ4v) is 1.23. The summed E-state index contributed by atoms with van der Waals surface area (Å²) in [4.78, 5) is 21.5. The zero-order valence-electron chi connectivity index (χ0n) is 10.1. The molecule has 0 saturated heterocycles. The average Bonchev–Trinajstić information content (AvgIpc) is 2.39. The summed E-state index contributed by atoms with van der Waals surface area (Å²) in [5.41, 5.74) is 0. The first-order valence-corrected chi connectivity index (χ1v) is 5.63. The Labute approximate surface area is 109 Å². The van der Waals surface area contributed by atoms with E-state index in [1.165, 1.54) is 0 Å². The van der Waals surface area contributed by atoms with Gasteiger partial charge >= 0.3 is 5.97 Å². The summed E-state index contributed by atoms with van der Waals surface area (Å²) in [5, 5.41) is 56.1. The van der Waals surface area contributed by atoms with Crippen LogP contribution in [0, 0.1) is 0 Å². The second-order valence-electron chi connectivity index (χ2n) is 3.96. The molecule has 1 amide bonds. The maximum atomic E-state index is 11.3. The van der Waals surface area contributed by atoms with Crippen LogP contribution < -0.4 is 5.32 Å². The third-order valence-electron chi connectivity index (χ3n) is 2.39. The van der Waals surface area contributed by atoms with Crippen LogP contribution in [-0.2, 0) is 9.59 Å².